The highest BCUT2D eigenvalue weighted by Crippen LogP contribution is 2.39. The molecule has 0 aliphatic heterocycles. The van der Waals surface area contributed by atoms with E-state index < -0.39 is 0 Å². The lowest BCUT2D eigenvalue weighted by molar-refractivity contribution is 0.392. The molecule has 5 heteroatoms. The van der Waals surface area contributed by atoms with E-state index in [9.17, 15) is 4.39 Å². The lowest BCUT2D eigenvalue weighted by atomic mass is 10.1. The largest absolute Gasteiger partial charge is 0.306 e. The normalized spacial score (nSPS) is 17.2. The molecule has 0 bridgehead atoms. The summed E-state index contributed by atoms with van der Waals surface area (Å²) in [5.41, 5.74) is 3.04. The van der Waals surface area contributed by atoms with Crippen LogP contribution in [0, 0.1) is 5.82 Å². The number of hydrogen-bond acceptors (Lipinski definition) is 3. The average Bonchev–Trinajstić information content (AvgIpc) is 2.98. The van der Waals surface area contributed by atoms with Gasteiger partial charge in [0.05, 0.1) is 4.34 Å². The minimum Gasteiger partial charge on any atom is -0.306 e. The van der Waals surface area contributed by atoms with Crippen molar-refractivity contribution in [2.75, 3.05) is 14.1 Å². The van der Waals surface area contributed by atoms with Gasteiger partial charge in [0.25, 0.3) is 0 Å². The number of aryl methyl sites for hydroxylation is 1. The fourth-order valence-electron chi connectivity index (χ4n) is 2.95. The standard InChI is InChI=1S/C17H20ClFN2S/c1-21(2)10-12-4-3-11(7-14(12)19)9-20-15-5-6-16-13(15)8-17(18)22-16/h3-4,7-8,15,20H,5-6,9-10H2,1-2H3/t15-/m0/s1. The van der Waals surface area contributed by atoms with E-state index in [0.717, 1.165) is 28.3 Å². The molecule has 2 aromatic rings. The number of benzene rings is 1. The van der Waals surface area contributed by atoms with Crippen molar-refractivity contribution in [2.45, 2.75) is 32.0 Å². The molecular weight excluding hydrogens is 319 g/mol. The Bertz CT molecular complexity index is 669. The van der Waals surface area contributed by atoms with Crippen molar-refractivity contribution in [2.24, 2.45) is 0 Å². The molecule has 2 nitrogen and oxygen atoms in total. The molecular formula is C17H20ClFN2S. The van der Waals surface area contributed by atoms with Crippen molar-refractivity contribution in [1.29, 1.82) is 0 Å². The second kappa shape index (κ2) is 6.67. The van der Waals surface area contributed by atoms with Crippen LogP contribution in [0.3, 0.4) is 0 Å². The van der Waals surface area contributed by atoms with Crippen LogP contribution in [0.5, 0.6) is 0 Å². The fourth-order valence-corrected chi connectivity index (χ4v) is 4.31. The van der Waals surface area contributed by atoms with Crippen LogP contribution in [0.2, 0.25) is 4.34 Å². The van der Waals surface area contributed by atoms with Crippen LogP contribution in [0.25, 0.3) is 0 Å². The Balaban J connectivity index is 1.64. The zero-order chi connectivity index (χ0) is 15.7. The third-order valence-corrected chi connectivity index (χ3v) is 5.34. The molecule has 1 atom stereocenters. The Labute approximate surface area is 139 Å². The molecule has 0 spiro atoms. The maximum Gasteiger partial charge on any atom is 0.128 e. The van der Waals surface area contributed by atoms with Crippen LogP contribution in [-0.2, 0) is 19.5 Å². The highest BCUT2D eigenvalue weighted by Gasteiger charge is 2.24. The van der Waals surface area contributed by atoms with E-state index in [0.29, 0.717) is 19.1 Å². The zero-order valence-electron chi connectivity index (χ0n) is 12.8. The van der Waals surface area contributed by atoms with Crippen LogP contribution >= 0.6 is 22.9 Å². The van der Waals surface area contributed by atoms with Gasteiger partial charge in [-0.2, -0.15) is 0 Å². The van der Waals surface area contributed by atoms with Crippen LogP contribution in [0.1, 0.15) is 34.0 Å². The van der Waals surface area contributed by atoms with Gasteiger partial charge in [-0.15, -0.1) is 11.3 Å². The summed E-state index contributed by atoms with van der Waals surface area (Å²) >= 11 is 7.75. The van der Waals surface area contributed by atoms with Gasteiger partial charge in [-0.25, -0.2) is 4.39 Å². The minimum atomic E-state index is -0.126. The summed E-state index contributed by atoms with van der Waals surface area (Å²) in [7, 11) is 3.89. The fraction of sp³-hybridized carbons (Fsp3) is 0.412. The van der Waals surface area contributed by atoms with Crippen molar-refractivity contribution in [3.8, 4) is 0 Å². The van der Waals surface area contributed by atoms with E-state index >= 15 is 0 Å². The maximum atomic E-state index is 14.1. The molecule has 118 valence electrons. The third-order valence-electron chi connectivity index (χ3n) is 4.00. The molecule has 0 fully saturated rings. The van der Waals surface area contributed by atoms with Gasteiger partial charge < -0.3 is 10.2 Å². The molecule has 1 aromatic carbocycles. The molecule has 0 unspecified atom stereocenters. The summed E-state index contributed by atoms with van der Waals surface area (Å²) in [5.74, 6) is -0.126. The predicted molar refractivity (Wildman–Crippen MR) is 91.0 cm³/mol. The van der Waals surface area contributed by atoms with E-state index in [2.05, 4.69) is 11.4 Å². The molecule has 0 saturated heterocycles. The molecule has 1 aromatic heterocycles. The molecule has 22 heavy (non-hydrogen) atoms. The first-order valence-corrected chi connectivity index (χ1v) is 8.66. The maximum absolute atomic E-state index is 14.1. The summed E-state index contributed by atoms with van der Waals surface area (Å²) in [6.45, 7) is 1.30. The lowest BCUT2D eigenvalue weighted by Crippen LogP contribution is -2.19. The summed E-state index contributed by atoms with van der Waals surface area (Å²) in [6.07, 6.45) is 2.18. The minimum absolute atomic E-state index is 0.126. The molecule has 0 radical (unpaired) electrons. The average molecular weight is 339 g/mol. The first-order valence-electron chi connectivity index (χ1n) is 7.46. The van der Waals surface area contributed by atoms with Gasteiger partial charge in [-0.1, -0.05) is 23.7 Å². The van der Waals surface area contributed by atoms with Crippen molar-refractivity contribution in [3.63, 3.8) is 0 Å². The van der Waals surface area contributed by atoms with Crippen LogP contribution < -0.4 is 5.32 Å². The van der Waals surface area contributed by atoms with Crippen molar-refractivity contribution in [1.82, 2.24) is 10.2 Å². The first kappa shape index (κ1) is 15.9. The Morgan fingerprint density at radius 3 is 2.91 bits per heavy atom. The quantitative estimate of drug-likeness (QED) is 0.870. The Morgan fingerprint density at radius 2 is 2.18 bits per heavy atom. The Morgan fingerprint density at radius 1 is 1.36 bits per heavy atom. The molecule has 1 N–H and O–H groups in total. The number of hydrogen-bond donors (Lipinski definition) is 1. The van der Waals surface area contributed by atoms with Gasteiger partial charge in [0.2, 0.25) is 0 Å². The van der Waals surface area contributed by atoms with Crippen molar-refractivity contribution >= 4 is 22.9 Å². The first-order chi connectivity index (χ1) is 10.5. The Hall–Kier alpha value is -0.940. The monoisotopic (exact) mass is 338 g/mol. The number of nitrogens with zero attached hydrogens (tertiary/aromatic N) is 1. The zero-order valence-corrected chi connectivity index (χ0v) is 14.4. The Kier molecular flexibility index (Phi) is 4.83. The predicted octanol–water partition coefficient (Wildman–Crippen LogP) is 4.38. The molecule has 1 aliphatic carbocycles. The number of halogens is 2. The van der Waals surface area contributed by atoms with E-state index in [1.165, 1.54) is 10.4 Å². The van der Waals surface area contributed by atoms with E-state index in [1.54, 1.807) is 17.4 Å². The van der Waals surface area contributed by atoms with Gasteiger partial charge in [-0.05, 0) is 50.2 Å². The van der Waals surface area contributed by atoms with Gasteiger partial charge in [0.1, 0.15) is 5.82 Å². The molecule has 3 rings (SSSR count). The molecule has 1 heterocycles. The molecule has 0 saturated carbocycles. The number of nitrogens with one attached hydrogen (secondary N) is 1. The summed E-state index contributed by atoms with van der Waals surface area (Å²) in [4.78, 5) is 3.35. The highest BCUT2D eigenvalue weighted by molar-refractivity contribution is 7.16. The van der Waals surface area contributed by atoms with Gasteiger partial charge in [0, 0.05) is 29.6 Å². The van der Waals surface area contributed by atoms with E-state index in [1.807, 2.05) is 31.1 Å². The number of rotatable bonds is 5. The second-order valence-corrected chi connectivity index (χ2v) is 7.83. The molecule has 1 aliphatic rings. The van der Waals surface area contributed by atoms with E-state index in [-0.39, 0.29) is 5.82 Å². The SMILES string of the molecule is CN(C)Cc1ccc(CN[C@H]2CCc3sc(Cl)cc32)cc1F. The smallest absolute Gasteiger partial charge is 0.128 e. The highest BCUT2D eigenvalue weighted by atomic mass is 35.5. The van der Waals surface area contributed by atoms with Crippen molar-refractivity contribution < 1.29 is 4.39 Å². The molecule has 0 amide bonds. The van der Waals surface area contributed by atoms with Gasteiger partial charge in [-0.3, -0.25) is 0 Å². The van der Waals surface area contributed by atoms with Crippen LogP contribution in [0.15, 0.2) is 24.3 Å². The van der Waals surface area contributed by atoms with E-state index in [4.69, 9.17) is 11.6 Å². The summed E-state index contributed by atoms with van der Waals surface area (Å²) in [6, 6.07) is 7.93. The van der Waals surface area contributed by atoms with Crippen LogP contribution in [0.4, 0.5) is 4.39 Å². The van der Waals surface area contributed by atoms with Crippen LogP contribution in [-0.4, -0.2) is 19.0 Å². The van der Waals surface area contributed by atoms with Crippen molar-refractivity contribution in [3.05, 3.63) is 56.0 Å². The summed E-state index contributed by atoms with van der Waals surface area (Å²) in [5, 5.41) is 3.53. The number of thiophene rings is 1. The topological polar surface area (TPSA) is 15.3 Å². The van der Waals surface area contributed by atoms with Gasteiger partial charge >= 0.3 is 0 Å². The number of fused-ring (bicyclic) bond motifs is 1. The lowest BCUT2D eigenvalue weighted by Gasteiger charge is -2.14. The van der Waals surface area contributed by atoms with Gasteiger partial charge in [0.15, 0.2) is 0 Å². The second-order valence-electron chi connectivity index (χ2n) is 6.06. The summed E-state index contributed by atoms with van der Waals surface area (Å²) < 4.78 is 14.9. The third kappa shape index (κ3) is 3.51.